The van der Waals surface area contributed by atoms with E-state index >= 15 is 0 Å². The Morgan fingerprint density at radius 2 is 1.95 bits per heavy atom. The molecule has 0 aromatic carbocycles. The summed E-state index contributed by atoms with van der Waals surface area (Å²) in [6.07, 6.45) is -5.01. The van der Waals surface area contributed by atoms with Crippen molar-refractivity contribution >= 4 is 0 Å². The van der Waals surface area contributed by atoms with Gasteiger partial charge in [0.2, 0.25) is 0 Å². The zero-order chi connectivity index (χ0) is 14.5. The minimum absolute atomic E-state index is 0.0454. The van der Waals surface area contributed by atoms with Crippen LogP contribution in [0.15, 0.2) is 0 Å². The second kappa shape index (κ2) is 7.45. The van der Waals surface area contributed by atoms with E-state index in [1.54, 1.807) is 6.92 Å². The van der Waals surface area contributed by atoms with E-state index in [1.165, 1.54) is 0 Å². The average molecular weight is 284 g/mol. The van der Waals surface area contributed by atoms with Crippen molar-refractivity contribution in [2.45, 2.75) is 70.6 Å². The summed E-state index contributed by atoms with van der Waals surface area (Å²) < 4.78 is 48.2. The third-order valence-corrected chi connectivity index (χ3v) is 3.31. The van der Waals surface area contributed by atoms with E-state index in [-0.39, 0.29) is 12.3 Å². The van der Waals surface area contributed by atoms with Gasteiger partial charge in [0.05, 0.1) is 6.10 Å². The lowest BCUT2D eigenvalue weighted by Gasteiger charge is -2.38. The smallest absolute Gasteiger partial charge is 0.390 e. The van der Waals surface area contributed by atoms with Crippen molar-refractivity contribution in [3.05, 3.63) is 0 Å². The Labute approximate surface area is 112 Å². The molecule has 0 spiro atoms. The molecule has 1 aliphatic rings. The van der Waals surface area contributed by atoms with Crippen molar-refractivity contribution in [2.24, 2.45) is 5.92 Å². The number of hydrogen-bond donors (Lipinski definition) is 1. The fourth-order valence-corrected chi connectivity index (χ4v) is 2.21. The van der Waals surface area contributed by atoms with Gasteiger partial charge in [-0.25, -0.2) is 0 Å². The molecule has 0 saturated carbocycles. The first-order valence-electron chi connectivity index (χ1n) is 6.88. The van der Waals surface area contributed by atoms with Crippen LogP contribution in [-0.4, -0.2) is 36.4 Å². The molecule has 114 valence electrons. The molecular weight excluding hydrogens is 261 g/mol. The minimum atomic E-state index is -4.55. The van der Waals surface area contributed by atoms with E-state index < -0.39 is 24.7 Å². The molecule has 1 N–H and O–H groups in total. The van der Waals surface area contributed by atoms with Gasteiger partial charge in [-0.2, -0.15) is 13.2 Å². The Morgan fingerprint density at radius 3 is 2.53 bits per heavy atom. The first kappa shape index (κ1) is 16.7. The summed E-state index contributed by atoms with van der Waals surface area (Å²) in [6, 6.07) is 0. The van der Waals surface area contributed by atoms with Gasteiger partial charge < -0.3 is 14.6 Å². The predicted molar refractivity (Wildman–Crippen MR) is 64.6 cm³/mol. The zero-order valence-electron chi connectivity index (χ0n) is 11.4. The van der Waals surface area contributed by atoms with Crippen LogP contribution in [0.5, 0.6) is 0 Å². The maximum absolute atomic E-state index is 12.6. The van der Waals surface area contributed by atoms with E-state index in [1.807, 2.05) is 0 Å². The van der Waals surface area contributed by atoms with Crippen LogP contribution < -0.4 is 0 Å². The number of ether oxygens (including phenoxy) is 2. The van der Waals surface area contributed by atoms with Crippen LogP contribution in [0.3, 0.4) is 0 Å². The van der Waals surface area contributed by atoms with Gasteiger partial charge in [0.1, 0.15) is 0 Å². The van der Waals surface area contributed by atoms with E-state index in [0.29, 0.717) is 6.61 Å². The molecule has 1 fully saturated rings. The molecule has 0 aromatic heterocycles. The predicted octanol–water partition coefficient (Wildman–Crippen LogP) is 3.26. The summed E-state index contributed by atoms with van der Waals surface area (Å²) in [7, 11) is 0. The molecule has 6 heteroatoms. The third-order valence-electron chi connectivity index (χ3n) is 3.31. The van der Waals surface area contributed by atoms with Crippen LogP contribution in [0.2, 0.25) is 0 Å². The second-order valence-corrected chi connectivity index (χ2v) is 5.18. The Balaban J connectivity index is 2.40. The molecule has 4 atom stereocenters. The van der Waals surface area contributed by atoms with E-state index in [4.69, 9.17) is 9.47 Å². The SMILES string of the molecule is CCCCCCOC1OC(C(F)(F)F)C(O)CC1C. The van der Waals surface area contributed by atoms with Crippen molar-refractivity contribution in [1.29, 1.82) is 0 Å². The zero-order valence-corrected chi connectivity index (χ0v) is 11.4. The van der Waals surface area contributed by atoms with Gasteiger partial charge in [0, 0.05) is 12.5 Å². The normalized spacial score (nSPS) is 32.5. The average Bonchev–Trinajstić information content (AvgIpc) is 2.29. The molecule has 1 heterocycles. The maximum atomic E-state index is 12.6. The number of aliphatic hydroxyl groups excluding tert-OH is 1. The van der Waals surface area contributed by atoms with Crippen LogP contribution in [0, 0.1) is 5.92 Å². The van der Waals surface area contributed by atoms with Crippen molar-refractivity contribution in [3.8, 4) is 0 Å². The fraction of sp³-hybridized carbons (Fsp3) is 1.00. The van der Waals surface area contributed by atoms with Crippen LogP contribution in [0.4, 0.5) is 13.2 Å². The highest BCUT2D eigenvalue weighted by Gasteiger charge is 2.50. The van der Waals surface area contributed by atoms with Gasteiger partial charge in [-0.1, -0.05) is 33.1 Å². The van der Waals surface area contributed by atoms with E-state index in [9.17, 15) is 18.3 Å². The van der Waals surface area contributed by atoms with Crippen LogP contribution in [-0.2, 0) is 9.47 Å². The lowest BCUT2D eigenvalue weighted by molar-refractivity contribution is -0.324. The number of unbranched alkanes of at least 4 members (excludes halogenated alkanes) is 3. The van der Waals surface area contributed by atoms with E-state index in [0.717, 1.165) is 25.7 Å². The highest BCUT2D eigenvalue weighted by Crippen LogP contribution is 2.35. The number of alkyl halides is 3. The molecule has 3 nitrogen and oxygen atoms in total. The largest absolute Gasteiger partial charge is 0.417 e. The second-order valence-electron chi connectivity index (χ2n) is 5.18. The van der Waals surface area contributed by atoms with Crippen molar-refractivity contribution in [1.82, 2.24) is 0 Å². The minimum Gasteiger partial charge on any atom is -0.390 e. The third kappa shape index (κ3) is 5.28. The fourth-order valence-electron chi connectivity index (χ4n) is 2.21. The van der Waals surface area contributed by atoms with Crippen molar-refractivity contribution in [2.75, 3.05) is 6.61 Å². The first-order chi connectivity index (χ1) is 8.86. The molecule has 1 saturated heterocycles. The van der Waals surface area contributed by atoms with Gasteiger partial charge in [0.25, 0.3) is 0 Å². The number of rotatable bonds is 6. The molecule has 0 bridgehead atoms. The molecule has 0 amide bonds. The Hall–Kier alpha value is -0.330. The number of aliphatic hydroxyl groups is 1. The molecule has 0 aliphatic carbocycles. The Kier molecular flexibility index (Phi) is 6.56. The molecule has 0 aromatic rings. The van der Waals surface area contributed by atoms with Crippen LogP contribution in [0.25, 0.3) is 0 Å². The summed E-state index contributed by atoms with van der Waals surface area (Å²) in [5, 5.41) is 9.43. The summed E-state index contributed by atoms with van der Waals surface area (Å²) in [6.45, 7) is 4.21. The monoisotopic (exact) mass is 284 g/mol. The molecule has 1 aliphatic heterocycles. The molecule has 4 unspecified atom stereocenters. The summed E-state index contributed by atoms with van der Waals surface area (Å²) >= 11 is 0. The quantitative estimate of drug-likeness (QED) is 0.761. The standard InChI is InChI=1S/C13H23F3O3/c1-3-4-5-6-7-18-12-9(2)8-10(17)11(19-12)13(14,15)16/h9-12,17H,3-8H2,1-2H3. The maximum Gasteiger partial charge on any atom is 0.417 e. The van der Waals surface area contributed by atoms with E-state index in [2.05, 4.69) is 6.92 Å². The van der Waals surface area contributed by atoms with Gasteiger partial charge in [-0.3, -0.25) is 0 Å². The number of halogens is 3. The summed E-state index contributed by atoms with van der Waals surface area (Å²) in [5.74, 6) is -0.236. The van der Waals surface area contributed by atoms with Gasteiger partial charge in [-0.15, -0.1) is 0 Å². The van der Waals surface area contributed by atoms with Crippen molar-refractivity contribution < 1.29 is 27.8 Å². The highest BCUT2D eigenvalue weighted by molar-refractivity contribution is 4.84. The summed E-state index contributed by atoms with van der Waals surface area (Å²) in [4.78, 5) is 0. The number of hydrogen-bond acceptors (Lipinski definition) is 3. The van der Waals surface area contributed by atoms with Gasteiger partial charge in [-0.05, 0) is 12.8 Å². The lowest BCUT2D eigenvalue weighted by Crippen LogP contribution is -2.51. The highest BCUT2D eigenvalue weighted by atomic mass is 19.4. The Morgan fingerprint density at radius 1 is 1.26 bits per heavy atom. The first-order valence-corrected chi connectivity index (χ1v) is 6.88. The van der Waals surface area contributed by atoms with Crippen LogP contribution in [0.1, 0.15) is 46.0 Å². The van der Waals surface area contributed by atoms with Crippen molar-refractivity contribution in [3.63, 3.8) is 0 Å². The molecule has 0 radical (unpaired) electrons. The van der Waals surface area contributed by atoms with Crippen LogP contribution >= 0.6 is 0 Å². The lowest BCUT2D eigenvalue weighted by atomic mass is 9.95. The Bertz CT molecular complexity index is 258. The summed E-state index contributed by atoms with van der Waals surface area (Å²) in [5.41, 5.74) is 0. The molecule has 1 rings (SSSR count). The molecular formula is C13H23F3O3. The molecule has 19 heavy (non-hydrogen) atoms. The van der Waals surface area contributed by atoms with Gasteiger partial charge >= 0.3 is 6.18 Å². The topological polar surface area (TPSA) is 38.7 Å². The van der Waals surface area contributed by atoms with Gasteiger partial charge in [0.15, 0.2) is 12.4 Å².